The predicted octanol–water partition coefficient (Wildman–Crippen LogP) is 16.1. The summed E-state index contributed by atoms with van der Waals surface area (Å²) >= 11 is 0. The largest absolute Gasteiger partial charge is 0.0622 e. The van der Waals surface area contributed by atoms with Crippen molar-refractivity contribution in [3.63, 3.8) is 0 Å². The van der Waals surface area contributed by atoms with E-state index >= 15 is 0 Å². The van der Waals surface area contributed by atoms with Gasteiger partial charge in [0, 0.05) is 0 Å². The Morgan fingerprint density at radius 3 is 1.81 bits per heavy atom. The van der Waals surface area contributed by atoms with Gasteiger partial charge in [-0.3, -0.25) is 0 Å². The number of hydrogen-bond acceptors (Lipinski definition) is 0. The van der Waals surface area contributed by atoms with Gasteiger partial charge in [-0.1, -0.05) is 164 Å². The molecule has 0 radical (unpaired) electrons. The summed E-state index contributed by atoms with van der Waals surface area (Å²) in [6, 6.07) is 64.7. The van der Waals surface area contributed by atoms with Crippen molar-refractivity contribution in [2.75, 3.05) is 0 Å². The summed E-state index contributed by atoms with van der Waals surface area (Å²) in [5, 5.41) is 16.0. The first-order valence-electron chi connectivity index (χ1n) is 20.3. The lowest BCUT2D eigenvalue weighted by molar-refractivity contribution is 1.14. The molecule has 0 atom stereocenters. The minimum absolute atomic E-state index is 0.991. The van der Waals surface area contributed by atoms with Crippen molar-refractivity contribution in [1.29, 1.82) is 0 Å². The van der Waals surface area contributed by atoms with Gasteiger partial charge in [0.1, 0.15) is 0 Å². The third-order valence-electron chi connectivity index (χ3n) is 13.3. The molecule has 0 amide bonds. The molecule has 0 aromatic heterocycles. The molecule has 0 saturated heterocycles. The molecule has 2 aliphatic carbocycles. The SMILES string of the molecule is CCc1cc(C)cc2c1-c1c(-c3ccccc3)ccc3c1c-2cc1c2ccc(-c4ccccc4)cc2c(-c2ccc4c5c2ccc2ccc6cccc-4c6c25)cc31. The van der Waals surface area contributed by atoms with E-state index < -0.39 is 0 Å². The zero-order chi connectivity index (χ0) is 37.5. The Morgan fingerprint density at radius 2 is 0.982 bits per heavy atom. The maximum atomic E-state index is 2.54. The molecule has 0 aliphatic heterocycles. The minimum Gasteiger partial charge on any atom is -0.0622 e. The molecule has 57 heavy (non-hydrogen) atoms. The summed E-state index contributed by atoms with van der Waals surface area (Å²) in [5.74, 6) is 0. The van der Waals surface area contributed by atoms with Crippen molar-refractivity contribution < 1.29 is 0 Å². The monoisotopic (exact) mass is 720 g/mol. The predicted molar refractivity (Wildman–Crippen MR) is 245 cm³/mol. The molecule has 0 unspecified atom stereocenters. The van der Waals surface area contributed by atoms with Gasteiger partial charge in [-0.15, -0.1) is 0 Å². The van der Waals surface area contributed by atoms with E-state index in [1.54, 1.807) is 0 Å². The van der Waals surface area contributed by atoms with Crippen LogP contribution in [0, 0.1) is 6.92 Å². The van der Waals surface area contributed by atoms with Crippen LogP contribution in [-0.2, 0) is 6.42 Å². The normalized spacial score (nSPS) is 12.5. The van der Waals surface area contributed by atoms with Crippen LogP contribution in [0.2, 0.25) is 0 Å². The molecular formula is C57H36. The van der Waals surface area contributed by atoms with Gasteiger partial charge in [0.15, 0.2) is 0 Å². The zero-order valence-electron chi connectivity index (χ0n) is 31.9. The molecule has 264 valence electrons. The van der Waals surface area contributed by atoms with Crippen molar-refractivity contribution >= 4 is 64.6 Å². The molecule has 0 saturated carbocycles. The first kappa shape index (κ1) is 31.2. The van der Waals surface area contributed by atoms with E-state index in [9.17, 15) is 0 Å². The molecular weight excluding hydrogens is 685 g/mol. The van der Waals surface area contributed by atoms with Crippen LogP contribution in [0.25, 0.3) is 131 Å². The lowest BCUT2D eigenvalue weighted by atomic mass is 9.85. The van der Waals surface area contributed by atoms with Crippen LogP contribution in [0.1, 0.15) is 18.1 Å². The van der Waals surface area contributed by atoms with Crippen LogP contribution in [-0.4, -0.2) is 0 Å². The van der Waals surface area contributed by atoms with E-state index in [0.29, 0.717) is 0 Å². The van der Waals surface area contributed by atoms with E-state index in [1.165, 1.54) is 143 Å². The Kier molecular flexibility index (Phi) is 6.18. The molecule has 13 rings (SSSR count). The number of benzene rings is 11. The Balaban J connectivity index is 1.19. The zero-order valence-corrected chi connectivity index (χ0v) is 31.9. The second-order valence-corrected chi connectivity index (χ2v) is 16.3. The third kappa shape index (κ3) is 4.12. The van der Waals surface area contributed by atoms with E-state index in [0.717, 1.165) is 6.42 Å². The highest BCUT2D eigenvalue weighted by molar-refractivity contribution is 6.36. The molecule has 0 bridgehead atoms. The highest BCUT2D eigenvalue weighted by Crippen LogP contribution is 2.56. The molecule has 0 spiro atoms. The smallest absolute Gasteiger partial charge is 0.00113 e. The fourth-order valence-electron chi connectivity index (χ4n) is 10.9. The Labute approximate surface area is 331 Å². The Bertz CT molecular complexity index is 3590. The van der Waals surface area contributed by atoms with E-state index in [1.807, 2.05) is 0 Å². The third-order valence-corrected chi connectivity index (χ3v) is 13.3. The molecule has 0 heterocycles. The quantitative estimate of drug-likeness (QED) is 0.159. The standard InChI is InChI=1S/C57H36/c1-3-33-27-32(2)28-50-51-31-48-41-21-20-38(34-11-6-4-7-12-34)29-46(41)47(30-49(48)45-25-23-39(35-13-8-5-9-14-35)57(52(33)50)56(45)51)40-24-26-44-42-16-10-15-36-17-18-37-19-22-43(40)55(44)54(37)53(36)42/h4-31H,3H2,1-2H3. The molecule has 0 fully saturated rings. The summed E-state index contributed by atoms with van der Waals surface area (Å²) in [6.07, 6.45) is 0.991. The number of aryl methyl sites for hydroxylation is 2. The average molecular weight is 721 g/mol. The van der Waals surface area contributed by atoms with Gasteiger partial charge in [0.05, 0.1) is 0 Å². The first-order chi connectivity index (χ1) is 28.1. The van der Waals surface area contributed by atoms with Crippen molar-refractivity contribution in [3.05, 3.63) is 181 Å². The molecule has 11 aromatic rings. The highest BCUT2D eigenvalue weighted by Gasteiger charge is 2.30. The minimum atomic E-state index is 0.991. The first-order valence-corrected chi connectivity index (χ1v) is 20.3. The van der Waals surface area contributed by atoms with Crippen molar-refractivity contribution in [2.24, 2.45) is 0 Å². The van der Waals surface area contributed by atoms with Gasteiger partial charge < -0.3 is 0 Å². The number of rotatable bonds is 4. The van der Waals surface area contributed by atoms with Crippen LogP contribution < -0.4 is 0 Å². The highest BCUT2D eigenvalue weighted by atomic mass is 14.3. The maximum Gasteiger partial charge on any atom is -0.00113 e. The summed E-state index contributed by atoms with van der Waals surface area (Å²) in [7, 11) is 0. The lowest BCUT2D eigenvalue weighted by Crippen LogP contribution is -1.92. The van der Waals surface area contributed by atoms with Crippen LogP contribution in [0.5, 0.6) is 0 Å². The van der Waals surface area contributed by atoms with Crippen molar-refractivity contribution in [3.8, 4) is 66.8 Å². The lowest BCUT2D eigenvalue weighted by Gasteiger charge is -2.18. The van der Waals surface area contributed by atoms with Crippen LogP contribution in [0.3, 0.4) is 0 Å². The summed E-state index contributed by atoms with van der Waals surface area (Å²) in [6.45, 7) is 4.56. The summed E-state index contributed by atoms with van der Waals surface area (Å²) in [5.41, 5.74) is 18.6. The maximum absolute atomic E-state index is 2.54. The number of hydrogen-bond donors (Lipinski definition) is 0. The van der Waals surface area contributed by atoms with Gasteiger partial charge in [0.25, 0.3) is 0 Å². The summed E-state index contributed by atoms with van der Waals surface area (Å²) in [4.78, 5) is 0. The molecule has 0 nitrogen and oxygen atoms in total. The average Bonchev–Trinajstić information content (AvgIpc) is 3.79. The molecule has 0 N–H and O–H groups in total. The second-order valence-electron chi connectivity index (χ2n) is 16.3. The van der Waals surface area contributed by atoms with Crippen LogP contribution in [0.4, 0.5) is 0 Å². The van der Waals surface area contributed by atoms with Crippen LogP contribution in [0.15, 0.2) is 170 Å². The molecule has 2 aliphatic rings. The fraction of sp³-hybridized carbons (Fsp3) is 0.0526. The number of fused-ring (bicyclic) bond motifs is 8. The second kappa shape index (κ2) is 11.3. The molecule has 0 heteroatoms. The van der Waals surface area contributed by atoms with E-state index in [2.05, 4.69) is 184 Å². The summed E-state index contributed by atoms with van der Waals surface area (Å²) < 4.78 is 0. The van der Waals surface area contributed by atoms with Crippen LogP contribution >= 0.6 is 0 Å². The van der Waals surface area contributed by atoms with Gasteiger partial charge in [-0.25, -0.2) is 0 Å². The van der Waals surface area contributed by atoms with Crippen molar-refractivity contribution in [1.82, 2.24) is 0 Å². The fourth-order valence-corrected chi connectivity index (χ4v) is 10.9. The van der Waals surface area contributed by atoms with E-state index in [4.69, 9.17) is 0 Å². The van der Waals surface area contributed by atoms with Gasteiger partial charge in [-0.2, -0.15) is 0 Å². The topological polar surface area (TPSA) is 0 Å². The van der Waals surface area contributed by atoms with Gasteiger partial charge in [0.2, 0.25) is 0 Å². The van der Waals surface area contributed by atoms with Crippen molar-refractivity contribution in [2.45, 2.75) is 20.3 Å². The molecule has 11 aromatic carbocycles. The van der Waals surface area contributed by atoms with Gasteiger partial charge >= 0.3 is 0 Å². The van der Waals surface area contributed by atoms with Gasteiger partial charge in [-0.05, 0) is 169 Å². The Hall–Kier alpha value is -7.02. The Morgan fingerprint density at radius 1 is 0.316 bits per heavy atom. The van der Waals surface area contributed by atoms with E-state index in [-0.39, 0.29) is 0 Å².